The van der Waals surface area contributed by atoms with E-state index in [2.05, 4.69) is 10.3 Å². The monoisotopic (exact) mass is 286 g/mol. The van der Waals surface area contributed by atoms with Crippen LogP contribution < -0.4 is 5.32 Å². The predicted molar refractivity (Wildman–Crippen MR) is 74.9 cm³/mol. The molecule has 7 unspecified atom stereocenters. The van der Waals surface area contributed by atoms with E-state index in [0.29, 0.717) is 11.8 Å². The number of amides is 1. The Balaban J connectivity index is 1.41. The van der Waals surface area contributed by atoms with Gasteiger partial charge in [0, 0.05) is 12.2 Å². The van der Waals surface area contributed by atoms with Gasteiger partial charge >= 0.3 is 0 Å². The minimum absolute atomic E-state index is 0.0845. The van der Waals surface area contributed by atoms with Crippen LogP contribution in [0.2, 0.25) is 0 Å². The maximum absolute atomic E-state index is 13.7. The fraction of sp³-hybridized carbons (Fsp3) is 0.647. The SMILES string of the molecule is O=C(NC1C2CC3CC4CCC2C4C31)c1cccnc1F. The van der Waals surface area contributed by atoms with Crippen LogP contribution in [0.5, 0.6) is 0 Å². The summed E-state index contributed by atoms with van der Waals surface area (Å²) in [5.74, 6) is 3.75. The van der Waals surface area contributed by atoms with Gasteiger partial charge in [0.2, 0.25) is 5.95 Å². The first kappa shape index (κ1) is 12.1. The Labute approximate surface area is 123 Å². The molecule has 5 rings (SSSR count). The van der Waals surface area contributed by atoms with Gasteiger partial charge in [-0.05, 0) is 73.3 Å². The zero-order valence-electron chi connectivity index (χ0n) is 11.8. The second kappa shape index (κ2) is 4.05. The van der Waals surface area contributed by atoms with Crippen LogP contribution in [0.25, 0.3) is 0 Å². The van der Waals surface area contributed by atoms with Crippen molar-refractivity contribution < 1.29 is 9.18 Å². The summed E-state index contributed by atoms with van der Waals surface area (Å²) in [5.41, 5.74) is 0.0845. The molecule has 1 aromatic rings. The second-order valence-electron chi connectivity index (χ2n) is 7.39. The zero-order chi connectivity index (χ0) is 14.1. The number of carbonyl (C=O) groups is 1. The van der Waals surface area contributed by atoms with Crippen molar-refractivity contribution >= 4 is 5.91 Å². The third kappa shape index (κ3) is 1.48. The topological polar surface area (TPSA) is 42.0 Å². The fourth-order valence-corrected chi connectivity index (χ4v) is 6.37. The number of hydrogen-bond acceptors (Lipinski definition) is 2. The van der Waals surface area contributed by atoms with Crippen molar-refractivity contribution in [1.29, 1.82) is 0 Å². The second-order valence-corrected chi connectivity index (χ2v) is 7.39. The standard InChI is InChI=1S/C17H19FN2O/c18-16-11(2-1-5-19-16)17(21)20-15-12-7-9-6-8-3-4-10(12)13(8)14(9)15/h1-2,5,8-10,12-15H,3-4,6-7H2,(H,20,21). The highest BCUT2D eigenvalue weighted by molar-refractivity contribution is 5.94. The van der Waals surface area contributed by atoms with E-state index in [1.165, 1.54) is 37.9 Å². The predicted octanol–water partition coefficient (Wildman–Crippen LogP) is 2.63. The highest BCUT2D eigenvalue weighted by Gasteiger charge is 2.66. The lowest BCUT2D eigenvalue weighted by Gasteiger charge is -2.23. The zero-order valence-corrected chi connectivity index (χ0v) is 11.8. The molecule has 4 fully saturated rings. The van der Waals surface area contributed by atoms with Crippen molar-refractivity contribution in [2.45, 2.75) is 31.7 Å². The van der Waals surface area contributed by atoms with Crippen molar-refractivity contribution in [3.8, 4) is 0 Å². The van der Waals surface area contributed by atoms with Gasteiger partial charge in [-0.3, -0.25) is 4.79 Å². The van der Waals surface area contributed by atoms with E-state index >= 15 is 0 Å². The normalized spacial score (nSPS) is 45.3. The Morgan fingerprint density at radius 3 is 2.95 bits per heavy atom. The van der Waals surface area contributed by atoms with Gasteiger partial charge in [0.15, 0.2) is 0 Å². The number of nitrogens with one attached hydrogen (secondary N) is 1. The molecular formula is C17H19FN2O. The average molecular weight is 286 g/mol. The van der Waals surface area contributed by atoms with Crippen LogP contribution in [0.1, 0.15) is 36.0 Å². The van der Waals surface area contributed by atoms with Gasteiger partial charge in [0.05, 0.1) is 5.56 Å². The number of fused-ring (bicyclic) bond motifs is 2. The number of nitrogens with zero attached hydrogens (tertiary/aromatic N) is 1. The van der Waals surface area contributed by atoms with E-state index in [1.807, 2.05) is 0 Å². The van der Waals surface area contributed by atoms with Gasteiger partial charge in [-0.1, -0.05) is 0 Å². The van der Waals surface area contributed by atoms with Crippen molar-refractivity contribution in [1.82, 2.24) is 10.3 Å². The van der Waals surface area contributed by atoms with Crippen LogP contribution in [-0.4, -0.2) is 16.9 Å². The molecule has 1 N–H and O–H groups in total. The van der Waals surface area contributed by atoms with Crippen LogP contribution in [-0.2, 0) is 0 Å². The van der Waals surface area contributed by atoms with Gasteiger partial charge in [0.25, 0.3) is 5.91 Å². The summed E-state index contributed by atoms with van der Waals surface area (Å²) >= 11 is 0. The molecular weight excluding hydrogens is 267 g/mol. The summed E-state index contributed by atoms with van der Waals surface area (Å²) in [6, 6.07) is 3.42. The lowest BCUT2D eigenvalue weighted by Crippen LogP contribution is -2.39. The molecule has 3 nitrogen and oxygen atoms in total. The van der Waals surface area contributed by atoms with Crippen molar-refractivity contribution in [3.05, 3.63) is 29.8 Å². The molecule has 0 saturated heterocycles. The van der Waals surface area contributed by atoms with Crippen LogP contribution >= 0.6 is 0 Å². The number of carbonyl (C=O) groups excluding carboxylic acids is 1. The van der Waals surface area contributed by atoms with Crippen molar-refractivity contribution in [2.24, 2.45) is 35.5 Å². The molecule has 1 amide bonds. The molecule has 4 saturated carbocycles. The van der Waals surface area contributed by atoms with E-state index < -0.39 is 5.95 Å². The minimum Gasteiger partial charge on any atom is -0.349 e. The van der Waals surface area contributed by atoms with E-state index in [1.54, 1.807) is 6.07 Å². The maximum Gasteiger partial charge on any atom is 0.256 e. The molecule has 110 valence electrons. The molecule has 21 heavy (non-hydrogen) atoms. The van der Waals surface area contributed by atoms with Gasteiger partial charge in [0.1, 0.15) is 0 Å². The van der Waals surface area contributed by atoms with Gasteiger partial charge in [-0.15, -0.1) is 0 Å². The Bertz CT molecular complexity index is 619. The van der Waals surface area contributed by atoms with Crippen LogP contribution in [0, 0.1) is 41.5 Å². The van der Waals surface area contributed by atoms with E-state index in [-0.39, 0.29) is 17.5 Å². The van der Waals surface area contributed by atoms with Crippen LogP contribution in [0.3, 0.4) is 0 Å². The summed E-state index contributed by atoms with van der Waals surface area (Å²) in [5, 5.41) is 3.16. The quantitative estimate of drug-likeness (QED) is 0.849. The summed E-state index contributed by atoms with van der Waals surface area (Å²) < 4.78 is 13.7. The summed E-state index contributed by atoms with van der Waals surface area (Å²) in [6.45, 7) is 0. The number of aromatic nitrogens is 1. The molecule has 4 aliphatic rings. The molecule has 0 aliphatic heterocycles. The first-order valence-electron chi connectivity index (χ1n) is 8.15. The van der Waals surface area contributed by atoms with Crippen LogP contribution in [0.4, 0.5) is 4.39 Å². The summed E-state index contributed by atoms with van der Waals surface area (Å²) in [7, 11) is 0. The molecule has 7 atom stereocenters. The molecule has 4 heteroatoms. The largest absolute Gasteiger partial charge is 0.349 e. The third-order valence-electron chi connectivity index (χ3n) is 6.81. The number of hydrogen-bond donors (Lipinski definition) is 1. The highest BCUT2D eigenvalue weighted by atomic mass is 19.1. The smallest absolute Gasteiger partial charge is 0.256 e. The first-order chi connectivity index (χ1) is 10.2. The van der Waals surface area contributed by atoms with Gasteiger partial charge in [-0.2, -0.15) is 4.39 Å². The lowest BCUT2D eigenvalue weighted by atomic mass is 9.81. The minimum atomic E-state index is -0.662. The molecule has 1 aromatic heterocycles. The number of pyridine rings is 1. The third-order valence-corrected chi connectivity index (χ3v) is 6.81. The Hall–Kier alpha value is -1.45. The Morgan fingerprint density at radius 2 is 2.10 bits per heavy atom. The lowest BCUT2D eigenvalue weighted by molar-refractivity contribution is 0.0917. The number of rotatable bonds is 2. The molecule has 0 radical (unpaired) electrons. The van der Waals surface area contributed by atoms with Crippen LogP contribution in [0.15, 0.2) is 18.3 Å². The van der Waals surface area contributed by atoms with Gasteiger partial charge < -0.3 is 5.32 Å². The first-order valence-corrected chi connectivity index (χ1v) is 8.15. The molecule has 1 heterocycles. The van der Waals surface area contributed by atoms with Crippen molar-refractivity contribution in [3.63, 3.8) is 0 Å². The Morgan fingerprint density at radius 1 is 1.19 bits per heavy atom. The van der Waals surface area contributed by atoms with E-state index in [0.717, 1.165) is 23.7 Å². The Kier molecular flexibility index (Phi) is 2.34. The highest BCUT2D eigenvalue weighted by Crippen LogP contribution is 2.69. The maximum atomic E-state index is 13.7. The van der Waals surface area contributed by atoms with Crippen molar-refractivity contribution in [2.75, 3.05) is 0 Å². The average Bonchev–Trinajstić information content (AvgIpc) is 3.12. The summed E-state index contributed by atoms with van der Waals surface area (Å²) in [6.07, 6.45) is 6.77. The molecule has 4 aliphatic carbocycles. The molecule has 0 spiro atoms. The fourth-order valence-electron chi connectivity index (χ4n) is 6.37. The molecule has 0 aromatic carbocycles. The number of halogens is 1. The molecule has 2 bridgehead atoms. The summed E-state index contributed by atoms with van der Waals surface area (Å²) in [4.78, 5) is 16.0. The van der Waals surface area contributed by atoms with Gasteiger partial charge in [-0.25, -0.2) is 4.98 Å². The van der Waals surface area contributed by atoms with E-state index in [4.69, 9.17) is 0 Å². The van der Waals surface area contributed by atoms with E-state index in [9.17, 15) is 9.18 Å².